The van der Waals surface area contributed by atoms with Crippen LogP contribution in [0.4, 0.5) is 0 Å². The average molecular weight is 238 g/mol. The average Bonchev–Trinajstić information content (AvgIpc) is 2.23. The molecule has 0 aromatic carbocycles. The van der Waals surface area contributed by atoms with E-state index in [1.54, 1.807) is 0 Å². The van der Waals surface area contributed by atoms with E-state index < -0.39 is 11.7 Å². The molecule has 0 aliphatic heterocycles. The summed E-state index contributed by atoms with van der Waals surface area (Å²) in [5.41, 5.74) is 0.353. The first-order chi connectivity index (χ1) is 7.86. The lowest BCUT2D eigenvalue weighted by atomic mass is 9.57. The fraction of sp³-hybridized carbons (Fsp3) is 0.867. The highest BCUT2D eigenvalue weighted by atomic mass is 16.3. The van der Waals surface area contributed by atoms with Gasteiger partial charge in [0.25, 0.3) is 0 Å². The zero-order valence-electron chi connectivity index (χ0n) is 11.5. The SMILES string of the molecule is CC1=C[C@@H]2[C@H](C(C)C)CCC(C)[C@]2(O)CC1O. The molecule has 0 saturated heterocycles. The zero-order chi connectivity index (χ0) is 12.8. The first-order valence-corrected chi connectivity index (χ1v) is 6.95. The second kappa shape index (κ2) is 4.40. The van der Waals surface area contributed by atoms with Crippen molar-refractivity contribution in [3.05, 3.63) is 11.6 Å². The van der Waals surface area contributed by atoms with Crippen LogP contribution in [0.25, 0.3) is 0 Å². The third-order valence-electron chi connectivity index (χ3n) is 5.17. The topological polar surface area (TPSA) is 40.5 Å². The van der Waals surface area contributed by atoms with Crippen LogP contribution < -0.4 is 0 Å². The molecule has 2 aliphatic carbocycles. The molecule has 0 radical (unpaired) electrons. The van der Waals surface area contributed by atoms with Crippen LogP contribution in [-0.2, 0) is 0 Å². The van der Waals surface area contributed by atoms with Gasteiger partial charge in [-0.05, 0) is 43.1 Å². The van der Waals surface area contributed by atoms with Gasteiger partial charge in [0.1, 0.15) is 0 Å². The molecular weight excluding hydrogens is 212 g/mol. The molecule has 0 spiro atoms. The molecule has 2 rings (SSSR count). The molecular formula is C15H26O2. The van der Waals surface area contributed by atoms with Crippen molar-refractivity contribution in [1.82, 2.24) is 0 Å². The largest absolute Gasteiger partial charge is 0.389 e. The van der Waals surface area contributed by atoms with Crippen LogP contribution in [0.2, 0.25) is 0 Å². The minimum Gasteiger partial charge on any atom is -0.389 e. The van der Waals surface area contributed by atoms with Gasteiger partial charge in [0.15, 0.2) is 0 Å². The van der Waals surface area contributed by atoms with Crippen molar-refractivity contribution in [3.8, 4) is 0 Å². The molecule has 0 heterocycles. The van der Waals surface area contributed by atoms with Gasteiger partial charge in [-0.15, -0.1) is 0 Å². The molecule has 0 bridgehead atoms. The molecule has 2 aliphatic rings. The van der Waals surface area contributed by atoms with E-state index in [9.17, 15) is 10.2 Å². The standard InChI is InChI=1S/C15H26O2/c1-9(2)12-6-5-11(4)15(17)8-14(16)10(3)7-13(12)15/h7,9,11-14,16-17H,5-6,8H2,1-4H3/t11?,12-,13+,14?,15+/m0/s1. The summed E-state index contributed by atoms with van der Waals surface area (Å²) in [5.74, 6) is 1.67. The van der Waals surface area contributed by atoms with Crippen LogP contribution >= 0.6 is 0 Å². The molecule has 2 unspecified atom stereocenters. The molecule has 98 valence electrons. The summed E-state index contributed by atoms with van der Waals surface area (Å²) in [4.78, 5) is 0. The Morgan fingerprint density at radius 2 is 2.00 bits per heavy atom. The molecule has 0 aromatic rings. The van der Waals surface area contributed by atoms with Gasteiger partial charge >= 0.3 is 0 Å². The van der Waals surface area contributed by atoms with Gasteiger partial charge < -0.3 is 10.2 Å². The zero-order valence-corrected chi connectivity index (χ0v) is 11.5. The molecule has 5 atom stereocenters. The van der Waals surface area contributed by atoms with Gasteiger partial charge in [0.2, 0.25) is 0 Å². The Morgan fingerprint density at radius 3 is 2.59 bits per heavy atom. The van der Waals surface area contributed by atoms with Crippen LogP contribution in [0.5, 0.6) is 0 Å². The van der Waals surface area contributed by atoms with Crippen molar-refractivity contribution in [2.75, 3.05) is 0 Å². The van der Waals surface area contributed by atoms with Crippen molar-refractivity contribution < 1.29 is 10.2 Å². The van der Waals surface area contributed by atoms with Gasteiger partial charge in [-0.1, -0.05) is 26.8 Å². The van der Waals surface area contributed by atoms with Gasteiger partial charge in [0, 0.05) is 12.3 Å². The summed E-state index contributed by atoms with van der Waals surface area (Å²) in [7, 11) is 0. The van der Waals surface area contributed by atoms with Crippen LogP contribution in [0.3, 0.4) is 0 Å². The van der Waals surface area contributed by atoms with Crippen molar-refractivity contribution in [2.24, 2.45) is 23.7 Å². The lowest BCUT2D eigenvalue weighted by molar-refractivity contribution is -0.128. The van der Waals surface area contributed by atoms with E-state index in [4.69, 9.17) is 0 Å². The second-order valence-corrected chi connectivity index (χ2v) is 6.53. The molecule has 2 N–H and O–H groups in total. The number of aliphatic hydroxyl groups is 2. The van der Waals surface area contributed by atoms with E-state index in [0.717, 1.165) is 12.0 Å². The predicted molar refractivity (Wildman–Crippen MR) is 69.5 cm³/mol. The summed E-state index contributed by atoms with van der Waals surface area (Å²) in [6.07, 6.45) is 4.49. The molecule has 1 saturated carbocycles. The second-order valence-electron chi connectivity index (χ2n) is 6.53. The van der Waals surface area contributed by atoms with Gasteiger partial charge in [0.05, 0.1) is 11.7 Å². The van der Waals surface area contributed by atoms with E-state index in [1.165, 1.54) is 6.42 Å². The minimum absolute atomic E-state index is 0.231. The maximum absolute atomic E-state index is 11.0. The fourth-order valence-electron chi connectivity index (χ4n) is 3.79. The van der Waals surface area contributed by atoms with Crippen LogP contribution in [0, 0.1) is 23.7 Å². The summed E-state index contributed by atoms with van der Waals surface area (Å²) in [6, 6.07) is 0. The van der Waals surface area contributed by atoms with Gasteiger partial charge in [-0.2, -0.15) is 0 Å². The molecule has 2 nitrogen and oxygen atoms in total. The molecule has 2 heteroatoms. The quantitative estimate of drug-likeness (QED) is 0.690. The monoisotopic (exact) mass is 238 g/mol. The Morgan fingerprint density at radius 1 is 1.35 bits per heavy atom. The van der Waals surface area contributed by atoms with Gasteiger partial charge in [-0.3, -0.25) is 0 Å². The Hall–Kier alpha value is -0.340. The lowest BCUT2D eigenvalue weighted by Crippen LogP contribution is -2.55. The Balaban J connectivity index is 2.37. The number of hydrogen-bond acceptors (Lipinski definition) is 2. The minimum atomic E-state index is -0.688. The smallest absolute Gasteiger partial charge is 0.0775 e. The fourth-order valence-corrected chi connectivity index (χ4v) is 3.79. The molecule has 17 heavy (non-hydrogen) atoms. The summed E-state index contributed by atoms with van der Waals surface area (Å²) in [6.45, 7) is 8.61. The highest BCUT2D eigenvalue weighted by molar-refractivity contribution is 5.20. The van der Waals surface area contributed by atoms with E-state index in [2.05, 4.69) is 26.8 Å². The van der Waals surface area contributed by atoms with E-state index in [-0.39, 0.29) is 5.92 Å². The number of fused-ring (bicyclic) bond motifs is 1. The predicted octanol–water partition coefficient (Wildman–Crippen LogP) is 2.75. The maximum atomic E-state index is 11.0. The van der Waals surface area contributed by atoms with Gasteiger partial charge in [-0.25, -0.2) is 0 Å². The Kier molecular flexibility index (Phi) is 3.39. The van der Waals surface area contributed by atoms with Crippen molar-refractivity contribution in [3.63, 3.8) is 0 Å². The van der Waals surface area contributed by atoms with Crippen molar-refractivity contribution in [2.45, 2.75) is 58.7 Å². The Labute approximate surface area is 105 Å². The summed E-state index contributed by atoms with van der Waals surface area (Å²) in [5, 5.41) is 21.0. The third kappa shape index (κ3) is 2.06. The molecule has 0 aromatic heterocycles. The van der Waals surface area contributed by atoms with Crippen molar-refractivity contribution >= 4 is 0 Å². The number of rotatable bonds is 1. The first kappa shape index (κ1) is 13.1. The highest BCUT2D eigenvalue weighted by Gasteiger charge is 2.51. The third-order valence-corrected chi connectivity index (χ3v) is 5.17. The molecule has 1 fully saturated rings. The Bertz CT molecular complexity index is 321. The van der Waals surface area contributed by atoms with Crippen molar-refractivity contribution in [1.29, 1.82) is 0 Å². The number of aliphatic hydroxyl groups excluding tert-OH is 1. The van der Waals surface area contributed by atoms with E-state index in [0.29, 0.717) is 24.2 Å². The number of hydrogen-bond donors (Lipinski definition) is 2. The lowest BCUT2D eigenvalue weighted by Gasteiger charge is -2.52. The van der Waals surface area contributed by atoms with Crippen LogP contribution in [0.15, 0.2) is 11.6 Å². The normalized spacial score (nSPS) is 46.6. The molecule has 0 amide bonds. The van der Waals surface area contributed by atoms with Crippen LogP contribution in [0.1, 0.15) is 47.0 Å². The van der Waals surface area contributed by atoms with Crippen LogP contribution in [-0.4, -0.2) is 21.9 Å². The highest BCUT2D eigenvalue weighted by Crippen LogP contribution is 2.50. The van der Waals surface area contributed by atoms with E-state index in [1.807, 2.05) is 6.92 Å². The first-order valence-electron chi connectivity index (χ1n) is 6.95. The van der Waals surface area contributed by atoms with E-state index >= 15 is 0 Å². The maximum Gasteiger partial charge on any atom is 0.0775 e. The summed E-state index contributed by atoms with van der Waals surface area (Å²) >= 11 is 0. The summed E-state index contributed by atoms with van der Waals surface area (Å²) < 4.78 is 0.